The predicted molar refractivity (Wildman–Crippen MR) is 82.2 cm³/mol. The van der Waals surface area contributed by atoms with Crippen molar-refractivity contribution in [1.82, 2.24) is 14.5 Å². The van der Waals surface area contributed by atoms with Crippen LogP contribution in [0, 0.1) is 0 Å². The van der Waals surface area contributed by atoms with Gasteiger partial charge in [0.15, 0.2) is 5.82 Å². The van der Waals surface area contributed by atoms with Crippen LogP contribution in [-0.4, -0.2) is 40.1 Å². The van der Waals surface area contributed by atoms with Crippen LogP contribution in [0.4, 0.5) is 5.82 Å². The number of nitrogens with zero attached hydrogens (tertiary/aromatic N) is 3. The van der Waals surface area contributed by atoms with E-state index in [2.05, 4.69) is 22.1 Å². The number of likely N-dealkylation sites (tertiary alicyclic amines) is 1. The molecule has 5 heteroatoms. The van der Waals surface area contributed by atoms with E-state index in [-0.39, 0.29) is 5.56 Å². The van der Waals surface area contributed by atoms with E-state index in [1.807, 2.05) is 6.92 Å². The van der Waals surface area contributed by atoms with Gasteiger partial charge in [-0.15, -0.1) is 0 Å². The van der Waals surface area contributed by atoms with Gasteiger partial charge >= 0.3 is 0 Å². The molecule has 0 spiro atoms. The Bertz CT molecular complexity index is 471. The summed E-state index contributed by atoms with van der Waals surface area (Å²) in [5.41, 5.74) is -0.0265. The number of hydrogen-bond donors (Lipinski definition) is 1. The van der Waals surface area contributed by atoms with E-state index in [0.717, 1.165) is 19.5 Å². The highest BCUT2D eigenvalue weighted by molar-refractivity contribution is 5.30. The number of piperidine rings is 1. The summed E-state index contributed by atoms with van der Waals surface area (Å²) in [6.07, 6.45) is 8.45. The Hall–Kier alpha value is -1.36. The third kappa shape index (κ3) is 3.82. The molecule has 0 radical (unpaired) electrons. The first-order chi connectivity index (χ1) is 9.72. The zero-order valence-corrected chi connectivity index (χ0v) is 12.6. The Morgan fingerprint density at radius 2 is 2.30 bits per heavy atom. The second-order valence-electron chi connectivity index (χ2n) is 5.53. The van der Waals surface area contributed by atoms with Gasteiger partial charge in [0.1, 0.15) is 0 Å². The summed E-state index contributed by atoms with van der Waals surface area (Å²) < 4.78 is 1.67. The Balaban J connectivity index is 1.77. The lowest BCUT2D eigenvalue weighted by atomic mass is 10.0. The van der Waals surface area contributed by atoms with Crippen LogP contribution in [0.2, 0.25) is 0 Å². The van der Waals surface area contributed by atoms with Gasteiger partial charge in [0.05, 0.1) is 0 Å². The van der Waals surface area contributed by atoms with Crippen molar-refractivity contribution < 1.29 is 0 Å². The molecule has 2 rings (SSSR count). The number of rotatable bonds is 6. The van der Waals surface area contributed by atoms with Gasteiger partial charge in [0, 0.05) is 38.1 Å². The molecule has 20 heavy (non-hydrogen) atoms. The van der Waals surface area contributed by atoms with Gasteiger partial charge in [-0.05, 0) is 39.7 Å². The zero-order chi connectivity index (χ0) is 14.4. The summed E-state index contributed by atoms with van der Waals surface area (Å²) in [5, 5.41) is 3.17. The zero-order valence-electron chi connectivity index (χ0n) is 12.6. The maximum Gasteiger partial charge on any atom is 0.293 e. The lowest BCUT2D eigenvalue weighted by Crippen LogP contribution is -2.38. The molecular formula is C15H26N4O. The standard InChI is InChI=1S/C15H26N4O/c1-3-18-12-9-17-14(15(18)20)16-8-6-11-19-10-5-4-7-13(19)2/h9,12-13H,3-8,10-11H2,1-2H3,(H,16,17). The molecule has 1 N–H and O–H groups in total. The summed E-state index contributed by atoms with van der Waals surface area (Å²) >= 11 is 0. The molecule has 0 aliphatic carbocycles. The van der Waals surface area contributed by atoms with Gasteiger partial charge < -0.3 is 14.8 Å². The third-order valence-corrected chi connectivity index (χ3v) is 4.11. The first kappa shape index (κ1) is 15.0. The van der Waals surface area contributed by atoms with Crippen LogP contribution < -0.4 is 10.9 Å². The monoisotopic (exact) mass is 278 g/mol. The first-order valence-electron chi connectivity index (χ1n) is 7.75. The fourth-order valence-corrected chi connectivity index (χ4v) is 2.80. The lowest BCUT2D eigenvalue weighted by molar-refractivity contribution is 0.160. The molecule has 0 amide bonds. The molecule has 1 aromatic rings. The van der Waals surface area contributed by atoms with E-state index in [4.69, 9.17) is 0 Å². The van der Waals surface area contributed by atoms with Crippen molar-refractivity contribution in [2.24, 2.45) is 0 Å². The molecule has 1 atom stereocenters. The van der Waals surface area contributed by atoms with E-state index in [0.29, 0.717) is 18.4 Å². The number of aryl methyl sites for hydroxylation is 1. The Morgan fingerprint density at radius 1 is 1.45 bits per heavy atom. The van der Waals surface area contributed by atoms with Gasteiger partial charge in [0.2, 0.25) is 0 Å². The van der Waals surface area contributed by atoms with Crippen molar-refractivity contribution >= 4 is 5.82 Å². The van der Waals surface area contributed by atoms with Gasteiger partial charge in [-0.2, -0.15) is 0 Å². The van der Waals surface area contributed by atoms with Gasteiger partial charge in [0.25, 0.3) is 5.56 Å². The number of anilines is 1. The molecule has 2 heterocycles. The summed E-state index contributed by atoms with van der Waals surface area (Å²) in [4.78, 5) is 18.7. The average Bonchev–Trinajstić information content (AvgIpc) is 2.47. The number of nitrogens with one attached hydrogen (secondary N) is 1. The number of aromatic nitrogens is 2. The fourth-order valence-electron chi connectivity index (χ4n) is 2.80. The molecule has 1 aliphatic heterocycles. The molecule has 1 saturated heterocycles. The van der Waals surface area contributed by atoms with Crippen LogP contribution in [0.1, 0.15) is 39.5 Å². The van der Waals surface area contributed by atoms with Crippen LogP contribution in [0.15, 0.2) is 17.2 Å². The molecule has 1 aromatic heterocycles. The molecule has 1 aliphatic rings. The molecule has 112 valence electrons. The molecular weight excluding hydrogens is 252 g/mol. The Kier molecular flexibility index (Phi) is 5.59. The van der Waals surface area contributed by atoms with Crippen molar-refractivity contribution in [3.05, 3.63) is 22.7 Å². The van der Waals surface area contributed by atoms with E-state index in [1.165, 1.54) is 25.8 Å². The van der Waals surface area contributed by atoms with Gasteiger partial charge in [-0.3, -0.25) is 4.79 Å². The summed E-state index contributed by atoms with van der Waals surface area (Å²) in [6.45, 7) is 8.07. The minimum Gasteiger partial charge on any atom is -0.365 e. The average molecular weight is 278 g/mol. The predicted octanol–water partition coefficient (Wildman–Crippen LogP) is 1.94. The maximum atomic E-state index is 12.0. The third-order valence-electron chi connectivity index (χ3n) is 4.11. The van der Waals surface area contributed by atoms with Gasteiger partial charge in [-0.1, -0.05) is 6.42 Å². The van der Waals surface area contributed by atoms with Crippen LogP contribution >= 0.6 is 0 Å². The number of hydrogen-bond acceptors (Lipinski definition) is 4. The van der Waals surface area contributed by atoms with E-state index >= 15 is 0 Å². The molecule has 5 nitrogen and oxygen atoms in total. The second-order valence-corrected chi connectivity index (χ2v) is 5.53. The quantitative estimate of drug-likeness (QED) is 0.808. The van der Waals surface area contributed by atoms with Crippen molar-refractivity contribution in [3.63, 3.8) is 0 Å². The van der Waals surface area contributed by atoms with E-state index in [9.17, 15) is 4.79 Å². The van der Waals surface area contributed by atoms with Crippen LogP contribution in [0.5, 0.6) is 0 Å². The molecule has 0 saturated carbocycles. The summed E-state index contributed by atoms with van der Waals surface area (Å²) in [6, 6.07) is 0.705. The Morgan fingerprint density at radius 3 is 3.05 bits per heavy atom. The normalized spacial score (nSPS) is 20.0. The molecule has 1 unspecified atom stereocenters. The first-order valence-corrected chi connectivity index (χ1v) is 7.75. The summed E-state index contributed by atoms with van der Waals surface area (Å²) in [5.74, 6) is 0.473. The maximum absolute atomic E-state index is 12.0. The molecule has 0 aromatic carbocycles. The minimum absolute atomic E-state index is 0.0265. The highest BCUT2D eigenvalue weighted by atomic mass is 16.1. The van der Waals surface area contributed by atoms with Crippen LogP contribution in [-0.2, 0) is 6.54 Å². The highest BCUT2D eigenvalue weighted by Crippen LogP contribution is 2.16. The lowest BCUT2D eigenvalue weighted by Gasteiger charge is -2.33. The topological polar surface area (TPSA) is 50.2 Å². The van der Waals surface area contributed by atoms with Gasteiger partial charge in [-0.25, -0.2) is 4.98 Å². The largest absolute Gasteiger partial charge is 0.365 e. The molecule has 1 fully saturated rings. The molecule has 0 bridgehead atoms. The van der Waals surface area contributed by atoms with Crippen molar-refractivity contribution in [2.45, 2.75) is 52.1 Å². The summed E-state index contributed by atoms with van der Waals surface area (Å²) in [7, 11) is 0. The Labute approximate surface area is 121 Å². The van der Waals surface area contributed by atoms with Crippen molar-refractivity contribution in [3.8, 4) is 0 Å². The van der Waals surface area contributed by atoms with E-state index in [1.54, 1.807) is 17.0 Å². The van der Waals surface area contributed by atoms with Crippen LogP contribution in [0.25, 0.3) is 0 Å². The SMILES string of the molecule is CCn1ccnc(NCCCN2CCCCC2C)c1=O. The minimum atomic E-state index is -0.0265. The smallest absolute Gasteiger partial charge is 0.293 e. The van der Waals surface area contributed by atoms with E-state index < -0.39 is 0 Å². The fraction of sp³-hybridized carbons (Fsp3) is 0.733. The second kappa shape index (κ2) is 7.43. The van der Waals surface area contributed by atoms with Crippen LogP contribution in [0.3, 0.4) is 0 Å². The highest BCUT2D eigenvalue weighted by Gasteiger charge is 2.17. The van der Waals surface area contributed by atoms with Crippen molar-refractivity contribution in [1.29, 1.82) is 0 Å². The van der Waals surface area contributed by atoms with Crippen molar-refractivity contribution in [2.75, 3.05) is 25.0 Å².